The van der Waals surface area contributed by atoms with Gasteiger partial charge in [0.1, 0.15) is 0 Å². The molecule has 0 unspecified atom stereocenters. The Morgan fingerprint density at radius 3 is 2.41 bits per heavy atom. The number of carbonyl (C=O) groups excluding carboxylic acids is 1. The Labute approximate surface area is 165 Å². The van der Waals surface area contributed by atoms with Gasteiger partial charge in [-0.2, -0.15) is 0 Å². The van der Waals surface area contributed by atoms with Crippen molar-refractivity contribution in [2.45, 2.75) is 25.0 Å². The summed E-state index contributed by atoms with van der Waals surface area (Å²) in [6, 6.07) is 8.01. The number of benzene rings is 1. The van der Waals surface area contributed by atoms with Crippen molar-refractivity contribution < 1.29 is 14.3 Å². The molecule has 0 aromatic heterocycles. The first-order valence-corrected chi connectivity index (χ1v) is 10.3. The minimum Gasteiger partial charge on any atom is -0.369 e. The fourth-order valence-corrected chi connectivity index (χ4v) is 4.38. The number of hydrogen-bond donors (Lipinski definition) is 0. The Morgan fingerprint density at radius 2 is 1.74 bits per heavy atom. The Balaban J connectivity index is 1.18. The topological polar surface area (TPSA) is 45.3 Å². The number of carbonyl (C=O) groups is 1. The van der Waals surface area contributed by atoms with Gasteiger partial charge >= 0.3 is 0 Å². The van der Waals surface area contributed by atoms with Crippen LogP contribution < -0.4 is 4.90 Å². The molecule has 1 aromatic carbocycles. The third kappa shape index (κ3) is 4.57. The van der Waals surface area contributed by atoms with Crippen LogP contribution in [0.5, 0.6) is 0 Å². The second-order valence-electron chi connectivity index (χ2n) is 7.55. The number of piperazine rings is 1. The lowest BCUT2D eigenvalue weighted by Crippen LogP contribution is -2.49. The van der Waals surface area contributed by atoms with Crippen LogP contribution in [0.3, 0.4) is 0 Å². The molecular weight excluding hydrogens is 366 g/mol. The summed E-state index contributed by atoms with van der Waals surface area (Å²) in [5.74, 6) is -0.159. The summed E-state index contributed by atoms with van der Waals surface area (Å²) in [6.07, 6.45) is 2.17. The zero-order valence-electron chi connectivity index (χ0n) is 15.7. The minimum absolute atomic E-state index is 0.250. The first-order chi connectivity index (χ1) is 13.1. The van der Waals surface area contributed by atoms with E-state index >= 15 is 0 Å². The highest BCUT2D eigenvalue weighted by Crippen LogP contribution is 2.31. The molecule has 0 radical (unpaired) electrons. The Hall–Kier alpha value is -1.34. The highest BCUT2D eigenvalue weighted by Gasteiger charge is 2.40. The number of rotatable bonds is 4. The van der Waals surface area contributed by atoms with Gasteiger partial charge in [-0.1, -0.05) is 17.7 Å². The van der Waals surface area contributed by atoms with Crippen LogP contribution in [0.4, 0.5) is 5.69 Å². The number of hydrogen-bond acceptors (Lipinski definition) is 5. The normalized spacial score (nSPS) is 23.1. The van der Waals surface area contributed by atoms with Crippen molar-refractivity contribution in [3.8, 4) is 0 Å². The predicted molar refractivity (Wildman–Crippen MR) is 105 cm³/mol. The van der Waals surface area contributed by atoms with Crippen molar-refractivity contribution in [3.05, 3.63) is 29.3 Å². The molecule has 0 saturated carbocycles. The summed E-state index contributed by atoms with van der Waals surface area (Å²) >= 11 is 6.10. The van der Waals surface area contributed by atoms with Gasteiger partial charge in [0, 0.05) is 75.8 Å². The van der Waals surface area contributed by atoms with E-state index in [4.69, 9.17) is 21.1 Å². The van der Waals surface area contributed by atoms with Crippen molar-refractivity contribution in [2.24, 2.45) is 0 Å². The molecule has 3 aliphatic rings. The molecule has 6 nitrogen and oxygen atoms in total. The monoisotopic (exact) mass is 393 g/mol. The molecule has 7 heteroatoms. The molecule has 148 valence electrons. The SMILES string of the molecule is O=C(CCN1CCN(c2cccc(Cl)c2)CC1)N1CCC2(CC1)OCCO2. The molecular formula is C20H28ClN3O3. The van der Waals surface area contributed by atoms with E-state index in [9.17, 15) is 4.79 Å². The number of halogens is 1. The van der Waals surface area contributed by atoms with Crippen LogP contribution in [-0.4, -0.2) is 80.5 Å². The van der Waals surface area contributed by atoms with Crippen LogP contribution in [0.2, 0.25) is 5.02 Å². The van der Waals surface area contributed by atoms with Crippen LogP contribution in [0.25, 0.3) is 0 Å². The maximum absolute atomic E-state index is 12.6. The standard InChI is InChI=1S/C20H28ClN3O3/c21-17-2-1-3-18(16-17)23-12-10-22(11-13-23)7-4-19(25)24-8-5-20(6-9-24)26-14-15-27-20/h1-3,16H,4-15H2. The summed E-state index contributed by atoms with van der Waals surface area (Å²) in [4.78, 5) is 19.3. The van der Waals surface area contributed by atoms with Gasteiger partial charge in [-0.25, -0.2) is 0 Å². The summed E-state index contributed by atoms with van der Waals surface area (Å²) in [5.41, 5.74) is 1.18. The molecule has 3 aliphatic heterocycles. The van der Waals surface area contributed by atoms with E-state index in [1.54, 1.807) is 0 Å². The van der Waals surface area contributed by atoms with Gasteiger partial charge in [0.05, 0.1) is 13.2 Å². The Kier molecular flexibility index (Phi) is 5.88. The molecule has 4 rings (SSSR count). The van der Waals surface area contributed by atoms with Crippen molar-refractivity contribution in [1.29, 1.82) is 0 Å². The molecule has 0 N–H and O–H groups in total. The molecule has 1 amide bonds. The fourth-order valence-electron chi connectivity index (χ4n) is 4.20. The number of nitrogens with zero attached hydrogens (tertiary/aromatic N) is 3. The molecule has 27 heavy (non-hydrogen) atoms. The van der Waals surface area contributed by atoms with E-state index in [1.807, 2.05) is 23.1 Å². The molecule has 1 aromatic rings. The van der Waals surface area contributed by atoms with Gasteiger partial charge in [0.2, 0.25) is 5.91 Å². The van der Waals surface area contributed by atoms with E-state index in [0.717, 1.165) is 63.7 Å². The van der Waals surface area contributed by atoms with Gasteiger partial charge in [-0.05, 0) is 18.2 Å². The van der Waals surface area contributed by atoms with Crippen LogP contribution in [0, 0.1) is 0 Å². The number of anilines is 1. The third-order valence-electron chi connectivity index (χ3n) is 5.88. The lowest BCUT2D eigenvalue weighted by atomic mass is 10.0. The van der Waals surface area contributed by atoms with Gasteiger partial charge in [-0.15, -0.1) is 0 Å². The third-order valence-corrected chi connectivity index (χ3v) is 6.11. The molecule has 3 heterocycles. The van der Waals surface area contributed by atoms with Crippen molar-refractivity contribution >= 4 is 23.2 Å². The van der Waals surface area contributed by atoms with E-state index in [2.05, 4.69) is 15.9 Å². The summed E-state index contributed by atoms with van der Waals surface area (Å²) in [5, 5.41) is 0.775. The van der Waals surface area contributed by atoms with E-state index in [-0.39, 0.29) is 5.91 Å². The van der Waals surface area contributed by atoms with E-state index in [0.29, 0.717) is 19.6 Å². The average Bonchev–Trinajstić information content (AvgIpc) is 3.15. The number of piperidine rings is 1. The first kappa shape index (κ1) is 19.0. The fraction of sp³-hybridized carbons (Fsp3) is 0.650. The average molecular weight is 394 g/mol. The smallest absolute Gasteiger partial charge is 0.223 e. The van der Waals surface area contributed by atoms with Crippen molar-refractivity contribution in [3.63, 3.8) is 0 Å². The minimum atomic E-state index is -0.409. The van der Waals surface area contributed by atoms with Crippen molar-refractivity contribution in [2.75, 3.05) is 63.9 Å². The van der Waals surface area contributed by atoms with Crippen molar-refractivity contribution in [1.82, 2.24) is 9.80 Å². The molecule has 0 aliphatic carbocycles. The highest BCUT2D eigenvalue weighted by molar-refractivity contribution is 6.30. The summed E-state index contributed by atoms with van der Waals surface area (Å²) in [7, 11) is 0. The Morgan fingerprint density at radius 1 is 1.04 bits per heavy atom. The van der Waals surface area contributed by atoms with E-state index < -0.39 is 5.79 Å². The molecule has 3 fully saturated rings. The molecule has 0 bridgehead atoms. The lowest BCUT2D eigenvalue weighted by molar-refractivity contribution is -0.187. The highest BCUT2D eigenvalue weighted by atomic mass is 35.5. The first-order valence-electron chi connectivity index (χ1n) is 9.92. The predicted octanol–water partition coefficient (Wildman–Crippen LogP) is 2.22. The van der Waals surface area contributed by atoms with Gasteiger partial charge in [-0.3, -0.25) is 9.69 Å². The second kappa shape index (κ2) is 8.35. The van der Waals surface area contributed by atoms with E-state index in [1.165, 1.54) is 5.69 Å². The largest absolute Gasteiger partial charge is 0.369 e. The van der Waals surface area contributed by atoms with Crippen LogP contribution in [0.1, 0.15) is 19.3 Å². The van der Waals surface area contributed by atoms with Crippen LogP contribution in [0.15, 0.2) is 24.3 Å². The summed E-state index contributed by atoms with van der Waals surface area (Å²) < 4.78 is 11.5. The molecule has 3 saturated heterocycles. The lowest BCUT2D eigenvalue weighted by Gasteiger charge is -2.38. The second-order valence-corrected chi connectivity index (χ2v) is 7.98. The summed E-state index contributed by atoms with van der Waals surface area (Å²) in [6.45, 7) is 7.55. The Bertz CT molecular complexity index is 648. The van der Waals surface area contributed by atoms with Crippen LogP contribution >= 0.6 is 11.6 Å². The molecule has 1 spiro atoms. The number of likely N-dealkylation sites (tertiary alicyclic amines) is 1. The van der Waals surface area contributed by atoms with Gasteiger partial charge in [0.15, 0.2) is 5.79 Å². The zero-order valence-corrected chi connectivity index (χ0v) is 16.5. The number of ether oxygens (including phenoxy) is 2. The van der Waals surface area contributed by atoms with Gasteiger partial charge < -0.3 is 19.3 Å². The quantitative estimate of drug-likeness (QED) is 0.784. The van der Waals surface area contributed by atoms with Crippen LogP contribution in [-0.2, 0) is 14.3 Å². The number of amides is 1. The molecule has 0 atom stereocenters. The zero-order chi connectivity index (χ0) is 18.7. The maximum Gasteiger partial charge on any atom is 0.223 e. The van der Waals surface area contributed by atoms with Gasteiger partial charge in [0.25, 0.3) is 0 Å². The maximum atomic E-state index is 12.6.